The number of amides is 1. The fraction of sp³-hybridized carbons (Fsp3) is 0.0952. The Morgan fingerprint density at radius 3 is 2.79 bits per heavy atom. The molecule has 7 nitrogen and oxygen atoms in total. The zero-order valence-electron chi connectivity index (χ0n) is 15.5. The molecular weight excluding hydrogens is 390 g/mol. The van der Waals surface area contributed by atoms with E-state index in [0.717, 1.165) is 5.56 Å². The number of hydrogen-bond acceptors (Lipinski definition) is 7. The van der Waals surface area contributed by atoms with E-state index in [1.54, 1.807) is 61.5 Å². The number of rotatable bonds is 7. The minimum atomic E-state index is -0.315. The average molecular weight is 407 g/mol. The van der Waals surface area contributed by atoms with Gasteiger partial charge in [-0.2, -0.15) is 0 Å². The number of nitrogens with zero attached hydrogens (tertiary/aromatic N) is 2. The van der Waals surface area contributed by atoms with E-state index < -0.39 is 0 Å². The smallest absolute Gasteiger partial charge is 0.275 e. The van der Waals surface area contributed by atoms with Crippen LogP contribution in [0.3, 0.4) is 0 Å². The van der Waals surface area contributed by atoms with Crippen molar-refractivity contribution in [3.8, 4) is 22.3 Å². The van der Waals surface area contributed by atoms with Crippen molar-refractivity contribution in [1.82, 2.24) is 9.97 Å². The van der Waals surface area contributed by atoms with Crippen molar-refractivity contribution in [2.45, 2.75) is 6.61 Å². The Balaban J connectivity index is 1.47. The fourth-order valence-corrected chi connectivity index (χ4v) is 3.36. The Bertz CT molecular complexity index is 1090. The molecule has 4 aromatic rings. The molecule has 0 aliphatic carbocycles. The predicted molar refractivity (Wildman–Crippen MR) is 109 cm³/mol. The molecule has 3 aromatic heterocycles. The molecule has 3 heterocycles. The molecule has 0 aliphatic heterocycles. The van der Waals surface area contributed by atoms with Crippen LogP contribution in [0.1, 0.15) is 16.1 Å². The Labute approximate surface area is 171 Å². The van der Waals surface area contributed by atoms with Gasteiger partial charge in [0.2, 0.25) is 0 Å². The molecule has 0 aliphatic rings. The highest BCUT2D eigenvalue weighted by atomic mass is 32.1. The topological polar surface area (TPSA) is 86.5 Å². The number of ether oxygens (including phenoxy) is 2. The highest BCUT2D eigenvalue weighted by Crippen LogP contribution is 2.31. The van der Waals surface area contributed by atoms with Gasteiger partial charge in [0, 0.05) is 29.5 Å². The van der Waals surface area contributed by atoms with Crippen LogP contribution in [-0.4, -0.2) is 23.0 Å². The molecular formula is C21H17N3O4S. The Morgan fingerprint density at radius 2 is 2.03 bits per heavy atom. The summed E-state index contributed by atoms with van der Waals surface area (Å²) in [5.41, 5.74) is 1.87. The molecule has 0 saturated heterocycles. The normalized spacial score (nSPS) is 10.5. The first-order chi connectivity index (χ1) is 14.2. The van der Waals surface area contributed by atoms with Crippen LogP contribution >= 0.6 is 11.3 Å². The molecule has 1 aromatic carbocycles. The van der Waals surface area contributed by atoms with Crippen LogP contribution in [0.4, 0.5) is 5.69 Å². The van der Waals surface area contributed by atoms with Crippen molar-refractivity contribution >= 4 is 22.9 Å². The van der Waals surface area contributed by atoms with Gasteiger partial charge in [0.1, 0.15) is 12.3 Å². The second-order valence-electron chi connectivity index (χ2n) is 5.98. The van der Waals surface area contributed by atoms with Crippen molar-refractivity contribution in [1.29, 1.82) is 0 Å². The fourth-order valence-electron chi connectivity index (χ4n) is 2.59. The van der Waals surface area contributed by atoms with E-state index in [-0.39, 0.29) is 5.91 Å². The van der Waals surface area contributed by atoms with Crippen molar-refractivity contribution < 1.29 is 18.7 Å². The molecule has 0 spiro atoms. The van der Waals surface area contributed by atoms with E-state index in [0.29, 0.717) is 40.3 Å². The molecule has 0 unspecified atom stereocenters. The number of furan rings is 1. The molecule has 0 saturated carbocycles. The van der Waals surface area contributed by atoms with Gasteiger partial charge in [-0.25, -0.2) is 4.98 Å². The van der Waals surface area contributed by atoms with Gasteiger partial charge >= 0.3 is 0 Å². The summed E-state index contributed by atoms with van der Waals surface area (Å²) in [7, 11) is 1.57. The van der Waals surface area contributed by atoms with E-state index in [1.807, 2.05) is 12.1 Å². The van der Waals surface area contributed by atoms with E-state index in [9.17, 15) is 4.79 Å². The van der Waals surface area contributed by atoms with Crippen LogP contribution in [0.25, 0.3) is 10.8 Å². The predicted octanol–water partition coefficient (Wildman–Crippen LogP) is 4.64. The van der Waals surface area contributed by atoms with Gasteiger partial charge in [0.25, 0.3) is 5.91 Å². The molecule has 29 heavy (non-hydrogen) atoms. The maximum atomic E-state index is 12.6. The summed E-state index contributed by atoms with van der Waals surface area (Å²) < 4.78 is 16.5. The minimum absolute atomic E-state index is 0.315. The maximum Gasteiger partial charge on any atom is 0.275 e. The van der Waals surface area contributed by atoms with Crippen LogP contribution in [0.2, 0.25) is 0 Å². The standard InChI is InChI=1S/C21H17N3O4S/c1-26-17-5-4-15(11-19(17)28-12-14-6-8-22-9-7-14)23-20(25)16-13-29-21(24-16)18-3-2-10-27-18/h2-11,13H,12H2,1H3,(H,23,25). The van der Waals surface area contributed by atoms with Crippen LogP contribution in [0, 0.1) is 0 Å². The van der Waals surface area contributed by atoms with E-state index in [4.69, 9.17) is 13.9 Å². The van der Waals surface area contributed by atoms with Crippen LogP contribution in [-0.2, 0) is 6.61 Å². The van der Waals surface area contributed by atoms with Gasteiger partial charge in [0.05, 0.1) is 13.4 Å². The number of nitrogens with one attached hydrogen (secondary N) is 1. The van der Waals surface area contributed by atoms with Crippen molar-refractivity contribution in [2.75, 3.05) is 12.4 Å². The van der Waals surface area contributed by atoms with Crippen molar-refractivity contribution in [3.63, 3.8) is 0 Å². The van der Waals surface area contributed by atoms with Crippen LogP contribution in [0.5, 0.6) is 11.5 Å². The van der Waals surface area contributed by atoms with Crippen molar-refractivity contribution in [2.24, 2.45) is 0 Å². The molecule has 0 atom stereocenters. The monoisotopic (exact) mass is 407 g/mol. The first-order valence-corrected chi connectivity index (χ1v) is 9.61. The SMILES string of the molecule is COc1ccc(NC(=O)c2csc(-c3ccco3)n2)cc1OCc1ccncc1. The van der Waals surface area contributed by atoms with Crippen LogP contribution in [0.15, 0.2) is 70.9 Å². The number of anilines is 1. The minimum Gasteiger partial charge on any atom is -0.493 e. The maximum absolute atomic E-state index is 12.6. The second kappa shape index (κ2) is 8.57. The van der Waals surface area contributed by atoms with Gasteiger partial charge in [-0.15, -0.1) is 11.3 Å². The lowest BCUT2D eigenvalue weighted by molar-refractivity contribution is 0.102. The third-order valence-corrected chi connectivity index (χ3v) is 4.89. The summed E-state index contributed by atoms with van der Waals surface area (Å²) in [6.07, 6.45) is 4.98. The van der Waals surface area contributed by atoms with E-state index >= 15 is 0 Å². The first kappa shape index (κ1) is 18.7. The third-order valence-electron chi connectivity index (χ3n) is 4.03. The number of thiazole rings is 1. The zero-order valence-corrected chi connectivity index (χ0v) is 16.3. The Kier molecular flexibility index (Phi) is 5.53. The summed E-state index contributed by atoms with van der Waals surface area (Å²) in [5, 5.41) is 5.18. The number of carbonyl (C=O) groups excluding carboxylic acids is 1. The lowest BCUT2D eigenvalue weighted by atomic mass is 10.2. The van der Waals surface area contributed by atoms with Gasteiger partial charge < -0.3 is 19.2 Å². The quantitative estimate of drug-likeness (QED) is 0.480. The third kappa shape index (κ3) is 4.44. The van der Waals surface area contributed by atoms with Crippen molar-refractivity contribution in [3.05, 3.63) is 77.8 Å². The molecule has 1 amide bonds. The highest BCUT2D eigenvalue weighted by Gasteiger charge is 2.15. The Morgan fingerprint density at radius 1 is 1.17 bits per heavy atom. The highest BCUT2D eigenvalue weighted by molar-refractivity contribution is 7.13. The van der Waals surface area contributed by atoms with E-state index in [1.165, 1.54) is 11.3 Å². The number of hydrogen-bond donors (Lipinski definition) is 1. The second-order valence-corrected chi connectivity index (χ2v) is 6.84. The van der Waals surface area contributed by atoms with Crippen LogP contribution < -0.4 is 14.8 Å². The number of carbonyl (C=O) groups is 1. The number of aromatic nitrogens is 2. The number of pyridine rings is 1. The summed E-state index contributed by atoms with van der Waals surface area (Å²) in [5.74, 6) is 1.41. The summed E-state index contributed by atoms with van der Waals surface area (Å²) in [4.78, 5) is 20.9. The van der Waals surface area contributed by atoms with Gasteiger partial charge in [-0.3, -0.25) is 9.78 Å². The van der Waals surface area contributed by atoms with Gasteiger partial charge in [-0.1, -0.05) is 0 Å². The molecule has 8 heteroatoms. The molecule has 4 rings (SSSR count). The average Bonchev–Trinajstić information content (AvgIpc) is 3.45. The molecule has 146 valence electrons. The first-order valence-electron chi connectivity index (χ1n) is 8.73. The molecule has 0 bridgehead atoms. The summed E-state index contributed by atoms with van der Waals surface area (Å²) >= 11 is 1.35. The number of benzene rings is 1. The lowest BCUT2D eigenvalue weighted by Crippen LogP contribution is -2.12. The van der Waals surface area contributed by atoms with E-state index in [2.05, 4.69) is 15.3 Å². The molecule has 0 fully saturated rings. The van der Waals surface area contributed by atoms with Gasteiger partial charge in [0.15, 0.2) is 22.3 Å². The zero-order chi connectivity index (χ0) is 20.1. The molecule has 1 N–H and O–H groups in total. The largest absolute Gasteiger partial charge is 0.493 e. The van der Waals surface area contributed by atoms with Gasteiger partial charge in [-0.05, 0) is 42.0 Å². The summed E-state index contributed by atoms with van der Waals surface area (Å²) in [6, 6.07) is 12.5. The summed E-state index contributed by atoms with van der Waals surface area (Å²) in [6.45, 7) is 0.356. The Hall–Kier alpha value is -3.65. The molecule has 0 radical (unpaired) electrons. The lowest BCUT2D eigenvalue weighted by Gasteiger charge is -2.13. The number of methoxy groups -OCH3 is 1.